The Bertz CT molecular complexity index is 460. The Morgan fingerprint density at radius 3 is 1.96 bits per heavy atom. The van der Waals surface area contributed by atoms with Crippen LogP contribution in [0, 0.1) is 0 Å². The van der Waals surface area contributed by atoms with Crippen molar-refractivity contribution in [3.05, 3.63) is 0 Å². The van der Waals surface area contributed by atoms with Crippen LogP contribution in [-0.4, -0.2) is 112 Å². The molecule has 0 bridgehead atoms. The molecule has 2 aliphatic rings. The average Bonchev–Trinajstić information content (AvgIpc) is 2.58. The molecule has 2 saturated heterocycles. The van der Waals surface area contributed by atoms with E-state index in [2.05, 4.69) is 0 Å². The van der Waals surface area contributed by atoms with Gasteiger partial charge in [-0.3, -0.25) is 0 Å². The van der Waals surface area contributed by atoms with E-state index in [1.165, 1.54) is 7.11 Å². The summed E-state index contributed by atoms with van der Waals surface area (Å²) in [7, 11) is 2.31. The van der Waals surface area contributed by atoms with Gasteiger partial charge in [0.1, 0.15) is 36.6 Å². The highest BCUT2D eigenvalue weighted by molar-refractivity contribution is 5.73. The van der Waals surface area contributed by atoms with Crippen LogP contribution in [-0.2, 0) is 28.5 Å². The Morgan fingerprint density at radius 1 is 0.800 bits per heavy atom. The monoisotopic (exact) mass is 370 g/mol. The molecule has 2 rings (SSSR count). The zero-order valence-corrected chi connectivity index (χ0v) is 13.4. The standard InChI is InChI=1S/C13H22O12/c1-21-8-3(14)4(15)13(24-9(8)10(18)19)23-7-5(16)11(20)25-12(22-2)6(7)17/h3-9,11-17,20H,1-2H3,(H,18,19). The quantitative estimate of drug-likeness (QED) is 0.276. The number of hydrogen-bond acceptors (Lipinski definition) is 11. The van der Waals surface area contributed by atoms with Gasteiger partial charge in [-0.2, -0.15) is 0 Å². The van der Waals surface area contributed by atoms with Gasteiger partial charge >= 0.3 is 5.97 Å². The molecule has 0 aromatic rings. The number of rotatable bonds is 5. The molecule has 12 heteroatoms. The summed E-state index contributed by atoms with van der Waals surface area (Å²) in [4.78, 5) is 11.3. The van der Waals surface area contributed by atoms with E-state index < -0.39 is 67.6 Å². The summed E-state index contributed by atoms with van der Waals surface area (Å²) in [5.41, 5.74) is 0. The van der Waals surface area contributed by atoms with Gasteiger partial charge in [0.2, 0.25) is 0 Å². The second kappa shape index (κ2) is 8.18. The third-order valence-corrected chi connectivity index (χ3v) is 4.10. The second-order valence-electron chi connectivity index (χ2n) is 5.66. The summed E-state index contributed by atoms with van der Waals surface area (Å²) in [6.45, 7) is 0. The molecule has 2 fully saturated rings. The van der Waals surface area contributed by atoms with Crippen molar-refractivity contribution in [2.75, 3.05) is 14.2 Å². The van der Waals surface area contributed by atoms with Crippen LogP contribution in [0.4, 0.5) is 0 Å². The maximum absolute atomic E-state index is 11.3. The Kier molecular flexibility index (Phi) is 6.67. The summed E-state index contributed by atoms with van der Waals surface area (Å²) in [5.74, 6) is -1.48. The fourth-order valence-corrected chi connectivity index (χ4v) is 2.74. The molecular formula is C13H22O12. The molecule has 0 aliphatic carbocycles. The number of aliphatic hydroxyl groups is 5. The minimum Gasteiger partial charge on any atom is -0.479 e. The maximum Gasteiger partial charge on any atom is 0.335 e. The van der Waals surface area contributed by atoms with Crippen molar-refractivity contribution in [3.8, 4) is 0 Å². The lowest BCUT2D eigenvalue weighted by Gasteiger charge is -2.45. The molecule has 2 aliphatic heterocycles. The zero-order valence-electron chi connectivity index (χ0n) is 13.4. The number of hydrogen-bond donors (Lipinski definition) is 6. The average molecular weight is 370 g/mol. The predicted molar refractivity (Wildman–Crippen MR) is 73.9 cm³/mol. The highest BCUT2D eigenvalue weighted by Crippen LogP contribution is 2.29. The molecule has 10 atom stereocenters. The molecule has 0 aromatic heterocycles. The molecule has 12 nitrogen and oxygen atoms in total. The van der Waals surface area contributed by atoms with E-state index in [1.54, 1.807) is 0 Å². The first-order valence-corrected chi connectivity index (χ1v) is 7.38. The van der Waals surface area contributed by atoms with Gasteiger partial charge in [0.25, 0.3) is 0 Å². The third-order valence-electron chi connectivity index (χ3n) is 4.10. The maximum atomic E-state index is 11.3. The zero-order chi connectivity index (χ0) is 18.9. The summed E-state index contributed by atoms with van der Waals surface area (Å²) in [5, 5.41) is 58.9. The highest BCUT2D eigenvalue weighted by atomic mass is 16.8. The fourth-order valence-electron chi connectivity index (χ4n) is 2.74. The van der Waals surface area contributed by atoms with E-state index in [1.807, 2.05) is 0 Å². The van der Waals surface area contributed by atoms with Crippen LogP contribution < -0.4 is 0 Å². The number of carboxylic acids is 1. The van der Waals surface area contributed by atoms with E-state index in [4.69, 9.17) is 28.8 Å². The lowest BCUT2D eigenvalue weighted by molar-refractivity contribution is -0.374. The summed E-state index contributed by atoms with van der Waals surface area (Å²) < 4.78 is 24.8. The van der Waals surface area contributed by atoms with Crippen molar-refractivity contribution in [1.29, 1.82) is 0 Å². The molecule has 0 spiro atoms. The Labute approximate surface area is 142 Å². The lowest BCUT2D eigenvalue weighted by Crippen LogP contribution is -2.65. The number of carbonyl (C=O) groups is 1. The van der Waals surface area contributed by atoms with E-state index in [0.717, 1.165) is 7.11 Å². The van der Waals surface area contributed by atoms with Gasteiger partial charge in [-0.15, -0.1) is 0 Å². The molecule has 6 N–H and O–H groups in total. The summed E-state index contributed by atoms with van der Waals surface area (Å²) in [6, 6.07) is 0. The van der Waals surface area contributed by atoms with Gasteiger partial charge in [0.05, 0.1) is 0 Å². The van der Waals surface area contributed by atoms with Crippen LogP contribution in [0.3, 0.4) is 0 Å². The minimum atomic E-state index is -1.77. The molecule has 146 valence electrons. The SMILES string of the molecule is COC1OC(O)C(O)C(OC2OC(C(=O)O)C(OC)C(O)C2O)C1O. The van der Waals surface area contributed by atoms with E-state index in [0.29, 0.717) is 0 Å². The van der Waals surface area contributed by atoms with Gasteiger partial charge in [-0.1, -0.05) is 0 Å². The number of aliphatic carboxylic acids is 1. The second-order valence-corrected chi connectivity index (χ2v) is 5.66. The van der Waals surface area contributed by atoms with Crippen molar-refractivity contribution >= 4 is 5.97 Å². The first-order chi connectivity index (χ1) is 11.7. The van der Waals surface area contributed by atoms with Crippen molar-refractivity contribution < 1.29 is 59.1 Å². The number of ether oxygens (including phenoxy) is 5. The largest absolute Gasteiger partial charge is 0.479 e. The molecule has 0 saturated carbocycles. The van der Waals surface area contributed by atoms with Crippen LogP contribution in [0.2, 0.25) is 0 Å². The van der Waals surface area contributed by atoms with Crippen LogP contribution in [0.1, 0.15) is 0 Å². The molecule has 2 heterocycles. The molecule has 0 aromatic carbocycles. The molecule has 0 radical (unpaired) electrons. The minimum absolute atomic E-state index is 1.13. The molecule has 25 heavy (non-hydrogen) atoms. The normalized spacial score (nSPS) is 48.3. The lowest BCUT2D eigenvalue weighted by atomic mass is 9.98. The Hall–Kier alpha value is -0.930. The summed E-state index contributed by atoms with van der Waals surface area (Å²) >= 11 is 0. The Morgan fingerprint density at radius 2 is 1.44 bits per heavy atom. The van der Waals surface area contributed by atoms with Gasteiger partial charge in [-0.05, 0) is 0 Å². The smallest absolute Gasteiger partial charge is 0.335 e. The first-order valence-electron chi connectivity index (χ1n) is 7.38. The van der Waals surface area contributed by atoms with Gasteiger partial charge < -0.3 is 54.3 Å². The van der Waals surface area contributed by atoms with Crippen molar-refractivity contribution in [1.82, 2.24) is 0 Å². The van der Waals surface area contributed by atoms with Crippen LogP contribution in [0.15, 0.2) is 0 Å². The molecule has 0 amide bonds. The summed E-state index contributed by atoms with van der Waals surface area (Å²) in [6.07, 6.45) is -16.2. The van der Waals surface area contributed by atoms with E-state index in [-0.39, 0.29) is 0 Å². The van der Waals surface area contributed by atoms with Crippen molar-refractivity contribution in [2.24, 2.45) is 0 Å². The third kappa shape index (κ3) is 3.93. The number of carboxylic acid groups (broad SMARTS) is 1. The van der Waals surface area contributed by atoms with E-state index in [9.17, 15) is 30.3 Å². The highest BCUT2D eigenvalue weighted by Gasteiger charge is 2.52. The topological polar surface area (TPSA) is 185 Å². The van der Waals surface area contributed by atoms with Crippen molar-refractivity contribution in [2.45, 2.75) is 61.6 Å². The van der Waals surface area contributed by atoms with Gasteiger partial charge in [0.15, 0.2) is 25.0 Å². The van der Waals surface area contributed by atoms with Crippen LogP contribution in [0.5, 0.6) is 0 Å². The van der Waals surface area contributed by atoms with Crippen LogP contribution >= 0.6 is 0 Å². The first kappa shape index (κ1) is 20.4. The van der Waals surface area contributed by atoms with Gasteiger partial charge in [-0.25, -0.2) is 4.79 Å². The van der Waals surface area contributed by atoms with Crippen LogP contribution in [0.25, 0.3) is 0 Å². The molecule has 10 unspecified atom stereocenters. The Balaban J connectivity index is 2.17. The number of aliphatic hydroxyl groups excluding tert-OH is 5. The fraction of sp³-hybridized carbons (Fsp3) is 0.923. The van der Waals surface area contributed by atoms with E-state index >= 15 is 0 Å². The van der Waals surface area contributed by atoms with Crippen molar-refractivity contribution in [3.63, 3.8) is 0 Å². The van der Waals surface area contributed by atoms with Gasteiger partial charge in [0, 0.05) is 14.2 Å². The number of methoxy groups -OCH3 is 2. The predicted octanol–water partition coefficient (Wildman–Crippen LogP) is -4.04. The molecular weight excluding hydrogens is 348 g/mol.